The van der Waals surface area contributed by atoms with Gasteiger partial charge in [0.25, 0.3) is 0 Å². The van der Waals surface area contributed by atoms with E-state index >= 15 is 0 Å². The van der Waals surface area contributed by atoms with Crippen molar-refractivity contribution in [3.8, 4) is 0 Å². The van der Waals surface area contributed by atoms with Gasteiger partial charge in [0.2, 0.25) is 0 Å². The second kappa shape index (κ2) is 6.67. The molecule has 3 rings (SSSR count). The predicted octanol–water partition coefficient (Wildman–Crippen LogP) is 2.60. The van der Waals surface area contributed by atoms with Crippen molar-refractivity contribution in [1.29, 1.82) is 0 Å². The fraction of sp³-hybridized carbons (Fsp3) is 0.471. The lowest BCUT2D eigenvalue weighted by Crippen LogP contribution is -2.35. The maximum atomic E-state index is 10.6. The molecule has 0 aliphatic carbocycles. The maximum absolute atomic E-state index is 10.6. The number of aromatic nitrogens is 1. The van der Waals surface area contributed by atoms with E-state index in [4.69, 9.17) is 26.4 Å². The molecule has 2 aromatic rings. The van der Waals surface area contributed by atoms with Crippen molar-refractivity contribution < 1.29 is 19.3 Å². The summed E-state index contributed by atoms with van der Waals surface area (Å²) in [6.45, 7) is 2.40. The topological polar surface area (TPSA) is 52.9 Å². The first-order valence-electron chi connectivity index (χ1n) is 7.53. The number of ether oxygens (including phenoxy) is 3. The average Bonchev–Trinajstić information content (AvgIpc) is 2.83. The fourth-order valence-corrected chi connectivity index (χ4v) is 3.47. The van der Waals surface area contributed by atoms with Crippen LogP contribution in [0.5, 0.6) is 0 Å². The van der Waals surface area contributed by atoms with Gasteiger partial charge in [-0.2, -0.15) is 0 Å². The van der Waals surface area contributed by atoms with E-state index in [1.165, 1.54) is 5.56 Å². The van der Waals surface area contributed by atoms with Gasteiger partial charge >= 0.3 is 0 Å². The normalized spacial score (nSPS) is 27.7. The van der Waals surface area contributed by atoms with E-state index in [2.05, 4.69) is 6.07 Å². The molecule has 1 N–H and O–H groups in total. The van der Waals surface area contributed by atoms with Crippen molar-refractivity contribution in [2.45, 2.75) is 31.5 Å². The first-order chi connectivity index (χ1) is 11.1. The summed E-state index contributed by atoms with van der Waals surface area (Å²) in [4.78, 5) is 0. The third kappa shape index (κ3) is 2.93. The minimum absolute atomic E-state index is 0.333. The lowest BCUT2D eigenvalue weighted by molar-refractivity contribution is -0.0629. The Kier molecular flexibility index (Phi) is 4.79. The molecule has 0 bridgehead atoms. The van der Waals surface area contributed by atoms with E-state index in [1.54, 1.807) is 18.8 Å². The number of aliphatic hydroxyl groups excluding tert-OH is 1. The number of aliphatic hydroxyl groups is 1. The average molecular weight is 335 g/mol. The number of aryl methyl sites for hydroxylation is 1. The molecule has 2 heterocycles. The molecule has 1 aliphatic heterocycles. The summed E-state index contributed by atoms with van der Waals surface area (Å²) in [5, 5.41) is 12.6. The molecule has 0 saturated carbocycles. The molecule has 1 aromatic carbocycles. The molecule has 0 radical (unpaired) electrons. The standard InChI is InChI=1S/C17H21NO4S/c1-10-4-5-12-11(8-10)6-7-18(17(12)23)16-14(19)15(21-3)13(22-16)9-20-2/h4-8,13-16,19H,9H2,1-3H3/t13-,14+,15?,16-/m1/s1. The van der Waals surface area contributed by atoms with Crippen LogP contribution in [0.3, 0.4) is 0 Å². The lowest BCUT2D eigenvalue weighted by atomic mass is 10.1. The van der Waals surface area contributed by atoms with E-state index in [-0.39, 0.29) is 6.10 Å². The highest BCUT2D eigenvalue weighted by Gasteiger charge is 2.44. The highest BCUT2D eigenvalue weighted by atomic mass is 32.1. The fourth-order valence-electron chi connectivity index (χ4n) is 3.12. The van der Waals surface area contributed by atoms with Crippen LogP contribution in [0.15, 0.2) is 30.5 Å². The zero-order valence-corrected chi connectivity index (χ0v) is 14.2. The van der Waals surface area contributed by atoms with E-state index in [0.29, 0.717) is 11.2 Å². The van der Waals surface area contributed by atoms with E-state index < -0.39 is 18.4 Å². The second-order valence-electron chi connectivity index (χ2n) is 5.83. The van der Waals surface area contributed by atoms with Crippen LogP contribution in [-0.2, 0) is 14.2 Å². The smallest absolute Gasteiger partial charge is 0.163 e. The van der Waals surface area contributed by atoms with Gasteiger partial charge in [-0.05, 0) is 18.4 Å². The monoisotopic (exact) mass is 335 g/mol. The van der Waals surface area contributed by atoms with E-state index in [1.807, 2.05) is 31.3 Å². The number of fused-ring (bicyclic) bond motifs is 1. The Morgan fingerprint density at radius 2 is 2.09 bits per heavy atom. The quantitative estimate of drug-likeness (QED) is 0.871. The van der Waals surface area contributed by atoms with Crippen LogP contribution in [0.1, 0.15) is 11.8 Å². The Labute approximate surface area is 140 Å². The van der Waals surface area contributed by atoms with E-state index in [0.717, 1.165) is 10.8 Å². The van der Waals surface area contributed by atoms with Gasteiger partial charge in [0.05, 0.1) is 6.61 Å². The van der Waals surface area contributed by atoms with Crippen molar-refractivity contribution >= 4 is 23.0 Å². The van der Waals surface area contributed by atoms with Crippen molar-refractivity contribution in [2.24, 2.45) is 0 Å². The summed E-state index contributed by atoms with van der Waals surface area (Å²) in [6.07, 6.45) is -0.316. The van der Waals surface area contributed by atoms with Crippen LogP contribution in [0, 0.1) is 11.6 Å². The molecule has 124 valence electrons. The van der Waals surface area contributed by atoms with Gasteiger partial charge in [-0.25, -0.2) is 0 Å². The molecule has 0 spiro atoms. The number of hydrogen-bond acceptors (Lipinski definition) is 5. The van der Waals surface area contributed by atoms with Crippen molar-refractivity contribution in [2.75, 3.05) is 20.8 Å². The molecule has 1 saturated heterocycles. The summed E-state index contributed by atoms with van der Waals surface area (Å²) in [5.74, 6) is 0. The van der Waals surface area contributed by atoms with Gasteiger partial charge in [0.1, 0.15) is 23.0 Å². The Balaban J connectivity index is 2.01. The Morgan fingerprint density at radius 3 is 2.78 bits per heavy atom. The summed E-state index contributed by atoms with van der Waals surface area (Å²) in [5.41, 5.74) is 1.18. The molecule has 23 heavy (non-hydrogen) atoms. The first kappa shape index (κ1) is 16.5. The van der Waals surface area contributed by atoms with Crippen LogP contribution in [-0.4, -0.2) is 48.8 Å². The van der Waals surface area contributed by atoms with Gasteiger partial charge in [0.15, 0.2) is 6.23 Å². The van der Waals surface area contributed by atoms with Gasteiger partial charge in [-0.15, -0.1) is 0 Å². The molecule has 5 nitrogen and oxygen atoms in total. The summed E-state index contributed by atoms with van der Waals surface area (Å²) in [7, 11) is 3.16. The van der Waals surface area contributed by atoms with Crippen LogP contribution in [0.25, 0.3) is 10.8 Å². The molecule has 4 atom stereocenters. The predicted molar refractivity (Wildman–Crippen MR) is 90.1 cm³/mol. The largest absolute Gasteiger partial charge is 0.386 e. The molecule has 0 amide bonds. The Morgan fingerprint density at radius 1 is 1.30 bits per heavy atom. The summed E-state index contributed by atoms with van der Waals surface area (Å²) < 4.78 is 18.9. The number of pyridine rings is 1. The van der Waals surface area contributed by atoms with Crippen molar-refractivity contribution in [1.82, 2.24) is 4.57 Å². The summed E-state index contributed by atoms with van der Waals surface area (Å²) >= 11 is 5.60. The van der Waals surface area contributed by atoms with Crippen molar-refractivity contribution in [3.63, 3.8) is 0 Å². The Bertz CT molecular complexity index is 760. The molecular formula is C17H21NO4S. The van der Waals surface area contributed by atoms with E-state index in [9.17, 15) is 5.11 Å². The van der Waals surface area contributed by atoms with Crippen LogP contribution >= 0.6 is 12.2 Å². The number of benzene rings is 1. The zero-order chi connectivity index (χ0) is 16.6. The number of rotatable bonds is 4. The Hall–Kier alpha value is -1.31. The molecule has 1 fully saturated rings. The maximum Gasteiger partial charge on any atom is 0.163 e. The second-order valence-corrected chi connectivity index (χ2v) is 6.22. The van der Waals surface area contributed by atoms with Crippen LogP contribution in [0.2, 0.25) is 0 Å². The number of methoxy groups -OCH3 is 2. The molecule has 1 aromatic heterocycles. The summed E-state index contributed by atoms with van der Waals surface area (Å²) in [6, 6.07) is 8.11. The molecule has 6 heteroatoms. The number of nitrogens with zero attached hydrogens (tertiary/aromatic N) is 1. The van der Waals surface area contributed by atoms with Crippen LogP contribution < -0.4 is 0 Å². The first-order valence-corrected chi connectivity index (χ1v) is 7.94. The van der Waals surface area contributed by atoms with Gasteiger partial charge < -0.3 is 23.9 Å². The highest BCUT2D eigenvalue weighted by Crippen LogP contribution is 2.32. The lowest BCUT2D eigenvalue weighted by Gasteiger charge is -2.20. The van der Waals surface area contributed by atoms with Gasteiger partial charge in [-0.1, -0.05) is 36.0 Å². The third-order valence-electron chi connectivity index (χ3n) is 4.27. The minimum atomic E-state index is -0.810. The molecular weight excluding hydrogens is 314 g/mol. The number of hydrogen-bond donors (Lipinski definition) is 1. The highest BCUT2D eigenvalue weighted by molar-refractivity contribution is 7.71. The minimum Gasteiger partial charge on any atom is -0.386 e. The molecule has 1 unspecified atom stereocenters. The zero-order valence-electron chi connectivity index (χ0n) is 13.4. The van der Waals surface area contributed by atoms with Gasteiger partial charge in [0, 0.05) is 25.8 Å². The molecule has 1 aliphatic rings. The third-order valence-corrected chi connectivity index (χ3v) is 4.70. The van der Waals surface area contributed by atoms with Gasteiger partial charge in [-0.3, -0.25) is 0 Å². The van der Waals surface area contributed by atoms with Crippen LogP contribution in [0.4, 0.5) is 0 Å². The SMILES string of the molecule is COC[C@H]1O[C@@H](n2ccc3cc(C)ccc3c2=S)[C@@H](O)C1OC. The van der Waals surface area contributed by atoms with Crippen molar-refractivity contribution in [3.05, 3.63) is 40.7 Å².